The van der Waals surface area contributed by atoms with Gasteiger partial charge in [0.2, 0.25) is 20.0 Å². The van der Waals surface area contributed by atoms with Crippen LogP contribution in [0.5, 0.6) is 5.75 Å². The van der Waals surface area contributed by atoms with Crippen LogP contribution in [-0.2, 0) is 31.8 Å². The van der Waals surface area contributed by atoms with Crippen molar-refractivity contribution in [1.82, 2.24) is 24.1 Å². The Kier molecular flexibility index (Phi) is 9.28. The minimum Gasteiger partial charge on any atom is -0.491 e. The highest BCUT2D eigenvalue weighted by molar-refractivity contribution is 7.89. The Morgan fingerprint density at radius 2 is 1.84 bits per heavy atom. The van der Waals surface area contributed by atoms with Gasteiger partial charge in [0.25, 0.3) is 0 Å². The van der Waals surface area contributed by atoms with E-state index >= 15 is 0 Å². The third-order valence-corrected chi connectivity index (χ3v) is 11.4. The van der Waals surface area contributed by atoms with Gasteiger partial charge in [-0.2, -0.15) is 9.40 Å². The van der Waals surface area contributed by atoms with E-state index in [1.54, 1.807) is 35.0 Å². The smallest absolute Gasteiger partial charge is 0.243 e. The van der Waals surface area contributed by atoms with Crippen molar-refractivity contribution >= 4 is 20.0 Å². The molecule has 14 heteroatoms. The Labute approximate surface area is 253 Å². The highest BCUT2D eigenvalue weighted by atomic mass is 32.2. The topological polar surface area (TPSA) is 152 Å². The van der Waals surface area contributed by atoms with Crippen LogP contribution in [0.25, 0.3) is 11.1 Å². The first kappa shape index (κ1) is 31.6. The fourth-order valence-corrected chi connectivity index (χ4v) is 7.97. The number of ether oxygens (including phenoxy) is 2. The Balaban J connectivity index is 1.11. The van der Waals surface area contributed by atoms with Crippen molar-refractivity contribution in [1.29, 1.82) is 0 Å². The van der Waals surface area contributed by atoms with Gasteiger partial charge in [0.1, 0.15) is 18.5 Å². The SMILES string of the molecule is CNS(=O)(=O)c1cccc(OC[C@@H](O)CNC2COC3(CCN(S(=O)(=O)c4cccc(-c5cn(C)nc5C)c4)CC3)C2)c1. The van der Waals surface area contributed by atoms with Crippen LogP contribution < -0.4 is 14.8 Å². The molecule has 3 heterocycles. The van der Waals surface area contributed by atoms with Gasteiger partial charge in [-0.25, -0.2) is 21.6 Å². The van der Waals surface area contributed by atoms with Crippen LogP contribution >= 0.6 is 0 Å². The van der Waals surface area contributed by atoms with Gasteiger partial charge in [-0.05, 0) is 63.1 Å². The van der Waals surface area contributed by atoms with Crippen LogP contribution in [0.4, 0.5) is 0 Å². The predicted molar refractivity (Wildman–Crippen MR) is 161 cm³/mol. The molecular formula is C29H39N5O7S2. The number of piperidine rings is 1. The summed E-state index contributed by atoms with van der Waals surface area (Å²) in [5.74, 6) is 0.346. The zero-order valence-corrected chi connectivity index (χ0v) is 26.2. The molecule has 234 valence electrons. The first-order valence-corrected chi connectivity index (χ1v) is 17.2. The number of nitrogens with zero attached hydrogens (tertiary/aromatic N) is 3. The summed E-state index contributed by atoms with van der Waals surface area (Å²) in [7, 11) is -4.08. The molecule has 12 nitrogen and oxygen atoms in total. The molecule has 1 unspecified atom stereocenters. The summed E-state index contributed by atoms with van der Waals surface area (Å²) in [4.78, 5) is 0.350. The van der Waals surface area contributed by atoms with Crippen LogP contribution in [0.15, 0.2) is 64.5 Å². The van der Waals surface area contributed by atoms with E-state index < -0.39 is 31.8 Å². The number of aliphatic hydroxyl groups is 1. The van der Waals surface area contributed by atoms with Gasteiger partial charge in [-0.3, -0.25) is 4.68 Å². The molecule has 43 heavy (non-hydrogen) atoms. The largest absolute Gasteiger partial charge is 0.491 e. The second-order valence-electron chi connectivity index (χ2n) is 11.2. The molecule has 1 spiro atoms. The Morgan fingerprint density at radius 1 is 1.12 bits per heavy atom. The molecule has 0 amide bonds. The Morgan fingerprint density at radius 3 is 2.53 bits per heavy atom. The third-order valence-electron chi connectivity index (χ3n) is 8.11. The minimum absolute atomic E-state index is 0.0108. The van der Waals surface area contributed by atoms with Crippen molar-refractivity contribution in [3.05, 3.63) is 60.4 Å². The maximum Gasteiger partial charge on any atom is 0.243 e. The highest BCUT2D eigenvalue weighted by Gasteiger charge is 2.44. The van der Waals surface area contributed by atoms with E-state index in [2.05, 4.69) is 15.1 Å². The Hall–Kier alpha value is -2.85. The first-order chi connectivity index (χ1) is 20.4. The van der Waals surface area contributed by atoms with Gasteiger partial charge >= 0.3 is 0 Å². The Bertz CT molecular complexity index is 1650. The van der Waals surface area contributed by atoms with Gasteiger partial charge in [0, 0.05) is 50.6 Å². The monoisotopic (exact) mass is 633 g/mol. The first-order valence-electron chi connectivity index (χ1n) is 14.2. The molecule has 2 aromatic carbocycles. The van der Waals surface area contributed by atoms with Crippen molar-refractivity contribution in [3.8, 4) is 16.9 Å². The van der Waals surface area contributed by atoms with E-state index in [9.17, 15) is 21.9 Å². The van der Waals surface area contributed by atoms with Crippen molar-refractivity contribution in [2.45, 2.75) is 53.7 Å². The number of aliphatic hydroxyl groups excluding tert-OH is 1. The summed E-state index contributed by atoms with van der Waals surface area (Å²) in [6.45, 7) is 3.36. The van der Waals surface area contributed by atoms with Crippen LogP contribution in [0.2, 0.25) is 0 Å². The number of aromatic nitrogens is 2. The standard InChI is InChI=1S/C29H39N5O7S2/c1-21-28(18-33(3)32-21)22-6-4-9-27(14-22)43(38,39)34-12-10-29(11-13-34)16-23(19-41-29)31-17-24(35)20-40-25-7-5-8-26(15-25)42(36,37)30-2/h4-9,14-15,18,23-24,30-31,35H,10-13,16-17,19-20H2,1-3H3/t23?,24-/m0/s1. The number of hydrogen-bond acceptors (Lipinski definition) is 9. The van der Waals surface area contributed by atoms with E-state index in [4.69, 9.17) is 9.47 Å². The molecule has 0 radical (unpaired) electrons. The van der Waals surface area contributed by atoms with E-state index in [1.165, 1.54) is 23.5 Å². The number of sulfonamides is 2. The number of aryl methyl sites for hydroxylation is 2. The van der Waals surface area contributed by atoms with Gasteiger partial charge in [0.05, 0.1) is 27.7 Å². The summed E-state index contributed by atoms with van der Waals surface area (Å²) >= 11 is 0. The molecule has 1 aromatic heterocycles. The third kappa shape index (κ3) is 7.11. The molecule has 0 saturated carbocycles. The lowest BCUT2D eigenvalue weighted by atomic mass is 9.88. The van der Waals surface area contributed by atoms with E-state index in [1.807, 2.05) is 26.2 Å². The van der Waals surface area contributed by atoms with Gasteiger partial charge in [0.15, 0.2) is 0 Å². The molecule has 5 rings (SSSR count). The average molecular weight is 634 g/mol. The maximum absolute atomic E-state index is 13.5. The zero-order chi connectivity index (χ0) is 30.8. The summed E-state index contributed by atoms with van der Waals surface area (Å²) < 4.78 is 68.4. The molecule has 2 atom stereocenters. The van der Waals surface area contributed by atoms with Gasteiger partial charge in [-0.15, -0.1) is 0 Å². The molecular weight excluding hydrogens is 594 g/mol. The number of benzene rings is 2. The fourth-order valence-electron chi connectivity index (χ4n) is 5.72. The van der Waals surface area contributed by atoms with Crippen molar-refractivity contribution in [2.24, 2.45) is 7.05 Å². The molecule has 2 aliphatic rings. The summed E-state index contributed by atoms with van der Waals surface area (Å²) in [5.41, 5.74) is 2.15. The van der Waals surface area contributed by atoms with E-state index in [0.717, 1.165) is 16.8 Å². The molecule has 2 fully saturated rings. The lowest BCUT2D eigenvalue weighted by Crippen LogP contribution is -2.47. The molecule has 2 aliphatic heterocycles. The summed E-state index contributed by atoms with van der Waals surface area (Å²) in [5, 5.41) is 18.2. The summed E-state index contributed by atoms with van der Waals surface area (Å²) in [6.07, 6.45) is 2.96. The second-order valence-corrected chi connectivity index (χ2v) is 15.0. The number of rotatable bonds is 11. The quantitative estimate of drug-likeness (QED) is 0.286. The fraction of sp³-hybridized carbons (Fsp3) is 0.483. The van der Waals surface area contributed by atoms with Crippen LogP contribution in [0.3, 0.4) is 0 Å². The number of hydrogen-bond donors (Lipinski definition) is 3. The number of nitrogens with one attached hydrogen (secondary N) is 2. The lowest BCUT2D eigenvalue weighted by molar-refractivity contribution is -0.0312. The molecule has 0 bridgehead atoms. The second kappa shape index (κ2) is 12.6. The normalized spacial score (nSPS) is 20.0. The zero-order valence-electron chi connectivity index (χ0n) is 24.6. The van der Waals surface area contributed by atoms with E-state index in [-0.39, 0.29) is 29.0 Å². The van der Waals surface area contributed by atoms with Crippen LogP contribution in [0.1, 0.15) is 25.0 Å². The molecule has 3 aromatic rings. The van der Waals surface area contributed by atoms with Crippen molar-refractivity contribution in [3.63, 3.8) is 0 Å². The van der Waals surface area contributed by atoms with Crippen LogP contribution in [-0.4, -0.2) is 93.7 Å². The van der Waals surface area contributed by atoms with Crippen LogP contribution in [0, 0.1) is 6.92 Å². The van der Waals surface area contributed by atoms with Gasteiger partial charge < -0.3 is 19.9 Å². The molecule has 3 N–H and O–H groups in total. The van der Waals surface area contributed by atoms with Crippen molar-refractivity contribution in [2.75, 3.05) is 39.9 Å². The average Bonchev–Trinajstić information content (AvgIpc) is 3.56. The maximum atomic E-state index is 13.5. The molecule has 2 saturated heterocycles. The van der Waals surface area contributed by atoms with Crippen molar-refractivity contribution < 1.29 is 31.4 Å². The van der Waals surface area contributed by atoms with Gasteiger partial charge in [-0.1, -0.05) is 18.2 Å². The lowest BCUT2D eigenvalue weighted by Gasteiger charge is -2.38. The van der Waals surface area contributed by atoms with E-state index in [0.29, 0.717) is 44.7 Å². The highest BCUT2D eigenvalue weighted by Crippen LogP contribution is 2.38. The predicted octanol–water partition coefficient (Wildman–Crippen LogP) is 1.65. The molecule has 0 aliphatic carbocycles. The minimum atomic E-state index is -3.67. The summed E-state index contributed by atoms with van der Waals surface area (Å²) in [6, 6.07) is 13.1.